The molecule has 0 aromatic heterocycles. The van der Waals surface area contributed by atoms with E-state index >= 15 is 0 Å². The fraction of sp³-hybridized carbons (Fsp3) is 0.192. The molecule has 0 aliphatic heterocycles. The third kappa shape index (κ3) is 5.29. The Bertz CT molecular complexity index is 1250. The van der Waals surface area contributed by atoms with Crippen molar-refractivity contribution in [1.29, 1.82) is 0 Å². The Morgan fingerprint density at radius 3 is 2.14 bits per heavy atom. The van der Waals surface area contributed by atoms with Crippen molar-refractivity contribution >= 4 is 23.7 Å². The Morgan fingerprint density at radius 1 is 0.914 bits per heavy atom. The summed E-state index contributed by atoms with van der Waals surface area (Å²) in [6.07, 6.45) is -0.481. The maximum absolute atomic E-state index is 13.4. The molecule has 0 spiro atoms. The fourth-order valence-electron chi connectivity index (χ4n) is 4.13. The molecule has 0 fully saturated rings. The molecule has 35 heavy (non-hydrogen) atoms. The Morgan fingerprint density at radius 2 is 1.51 bits per heavy atom. The number of carboxylic acid groups (broad SMARTS) is 1. The van der Waals surface area contributed by atoms with Crippen LogP contribution in [0.4, 0.5) is 19.3 Å². The number of alkyl carbamates (subject to hydrolysis) is 1. The van der Waals surface area contributed by atoms with Crippen LogP contribution in [0.1, 0.15) is 40.2 Å². The number of amides is 2. The maximum Gasteiger partial charge on any atom is 0.407 e. The van der Waals surface area contributed by atoms with Crippen molar-refractivity contribution in [3.63, 3.8) is 0 Å². The molecule has 0 saturated heterocycles. The molecule has 0 bridgehead atoms. The Labute approximate surface area is 199 Å². The van der Waals surface area contributed by atoms with Crippen LogP contribution in [0.2, 0.25) is 0 Å². The monoisotopic (exact) mass is 480 g/mol. The van der Waals surface area contributed by atoms with E-state index in [1.54, 1.807) is 0 Å². The lowest BCUT2D eigenvalue weighted by molar-refractivity contribution is -0.116. The molecule has 0 unspecified atom stereocenters. The zero-order chi connectivity index (χ0) is 24.9. The third-order valence-electron chi connectivity index (χ3n) is 5.76. The van der Waals surface area contributed by atoms with Crippen molar-refractivity contribution in [2.45, 2.75) is 18.8 Å². The van der Waals surface area contributed by atoms with Gasteiger partial charge in [-0.2, -0.15) is 0 Å². The number of halogens is 2. The fourth-order valence-corrected chi connectivity index (χ4v) is 4.13. The number of carbonyl (C=O) groups excluding carboxylic acids is 2. The smallest absolute Gasteiger partial charge is 0.407 e. The lowest BCUT2D eigenvalue weighted by Gasteiger charge is -2.14. The van der Waals surface area contributed by atoms with Crippen molar-refractivity contribution < 1.29 is 33.0 Å². The lowest BCUT2D eigenvalue weighted by atomic mass is 9.98. The van der Waals surface area contributed by atoms with Crippen molar-refractivity contribution in [3.8, 4) is 11.1 Å². The van der Waals surface area contributed by atoms with E-state index in [-0.39, 0.29) is 37.6 Å². The lowest BCUT2D eigenvalue weighted by Crippen LogP contribution is -2.27. The standard InChI is InChI=1S/C26H22F2N2O5/c27-21-12-19(25(32)33)23(13-22(21)28)30-24(31)10-5-11-29-26(34)35-14-20-17-8-3-1-6-15(17)16-7-2-4-9-18(16)20/h1-4,6-9,12-13,20H,5,10-11,14H2,(H,29,34)(H,30,31)(H,32,33). The summed E-state index contributed by atoms with van der Waals surface area (Å²) in [5, 5.41) is 13.9. The van der Waals surface area contributed by atoms with Crippen LogP contribution in [-0.4, -0.2) is 36.2 Å². The van der Waals surface area contributed by atoms with E-state index in [0.717, 1.165) is 22.3 Å². The van der Waals surface area contributed by atoms with E-state index in [0.29, 0.717) is 12.1 Å². The average molecular weight is 480 g/mol. The van der Waals surface area contributed by atoms with Gasteiger partial charge in [0.1, 0.15) is 6.61 Å². The van der Waals surface area contributed by atoms with Crippen LogP contribution in [-0.2, 0) is 9.53 Å². The van der Waals surface area contributed by atoms with Gasteiger partial charge in [0, 0.05) is 24.9 Å². The zero-order valence-electron chi connectivity index (χ0n) is 18.5. The van der Waals surface area contributed by atoms with Gasteiger partial charge in [-0.15, -0.1) is 0 Å². The minimum atomic E-state index is -1.50. The number of carbonyl (C=O) groups is 3. The molecule has 3 aromatic rings. The summed E-state index contributed by atoms with van der Waals surface area (Å²) in [5.74, 6) is -4.78. The molecule has 3 N–H and O–H groups in total. The van der Waals surface area contributed by atoms with E-state index in [2.05, 4.69) is 10.6 Å². The topological polar surface area (TPSA) is 105 Å². The summed E-state index contributed by atoms with van der Waals surface area (Å²) in [6.45, 7) is 0.294. The van der Waals surface area contributed by atoms with Gasteiger partial charge in [0.25, 0.3) is 0 Å². The summed E-state index contributed by atoms with van der Waals surface area (Å²) in [5.41, 5.74) is 3.53. The van der Waals surface area contributed by atoms with Crippen LogP contribution in [0.3, 0.4) is 0 Å². The first-order valence-electron chi connectivity index (χ1n) is 11.0. The first-order chi connectivity index (χ1) is 16.8. The van der Waals surface area contributed by atoms with Crippen LogP contribution in [0.5, 0.6) is 0 Å². The molecule has 0 saturated carbocycles. The van der Waals surface area contributed by atoms with Crippen molar-refractivity contribution in [1.82, 2.24) is 5.32 Å². The van der Waals surface area contributed by atoms with Gasteiger partial charge in [0.2, 0.25) is 5.91 Å². The highest BCUT2D eigenvalue weighted by Gasteiger charge is 2.29. The number of rotatable bonds is 8. The maximum atomic E-state index is 13.4. The van der Waals surface area contributed by atoms with Crippen LogP contribution < -0.4 is 10.6 Å². The second-order valence-corrected chi connectivity index (χ2v) is 8.02. The molecule has 3 aromatic carbocycles. The number of benzene rings is 3. The van der Waals surface area contributed by atoms with Gasteiger partial charge < -0.3 is 20.5 Å². The van der Waals surface area contributed by atoms with Gasteiger partial charge in [0.05, 0.1) is 11.3 Å². The third-order valence-corrected chi connectivity index (χ3v) is 5.76. The van der Waals surface area contributed by atoms with Gasteiger partial charge in [-0.25, -0.2) is 18.4 Å². The Balaban J connectivity index is 1.24. The molecule has 1 aliphatic carbocycles. The number of nitrogens with one attached hydrogen (secondary N) is 2. The molecular weight excluding hydrogens is 458 g/mol. The molecule has 2 amide bonds. The van der Waals surface area contributed by atoms with Gasteiger partial charge in [-0.05, 0) is 34.7 Å². The first-order valence-corrected chi connectivity index (χ1v) is 11.0. The molecule has 1 aliphatic rings. The van der Waals surface area contributed by atoms with Crippen LogP contribution in [0.15, 0.2) is 60.7 Å². The molecule has 180 valence electrons. The summed E-state index contributed by atoms with van der Waals surface area (Å²) >= 11 is 0. The molecule has 0 radical (unpaired) electrons. The molecular formula is C26H22F2N2O5. The highest BCUT2D eigenvalue weighted by atomic mass is 19.2. The summed E-state index contributed by atoms with van der Waals surface area (Å²) in [6, 6.07) is 17.1. The SMILES string of the molecule is O=C(CCCNC(=O)OCC1c2ccccc2-c2ccccc21)Nc1cc(F)c(F)cc1C(=O)O. The van der Waals surface area contributed by atoms with Gasteiger partial charge >= 0.3 is 12.1 Å². The van der Waals surface area contributed by atoms with E-state index in [1.165, 1.54) is 0 Å². The number of carboxylic acids is 1. The number of ether oxygens (including phenoxy) is 1. The van der Waals surface area contributed by atoms with Crippen LogP contribution in [0, 0.1) is 11.6 Å². The Hall–Kier alpha value is -4.27. The summed E-state index contributed by atoms with van der Waals surface area (Å²) in [7, 11) is 0. The number of anilines is 1. The highest BCUT2D eigenvalue weighted by molar-refractivity contribution is 6.00. The van der Waals surface area contributed by atoms with E-state index in [9.17, 15) is 23.2 Å². The Kier molecular flexibility index (Phi) is 7.05. The zero-order valence-corrected chi connectivity index (χ0v) is 18.5. The highest BCUT2D eigenvalue weighted by Crippen LogP contribution is 2.44. The summed E-state index contributed by atoms with van der Waals surface area (Å²) in [4.78, 5) is 35.5. The van der Waals surface area contributed by atoms with Gasteiger partial charge in [-0.1, -0.05) is 48.5 Å². The minimum Gasteiger partial charge on any atom is -0.478 e. The molecule has 0 atom stereocenters. The van der Waals surface area contributed by atoms with E-state index < -0.39 is 35.2 Å². The number of hydrogen-bond donors (Lipinski definition) is 3. The largest absolute Gasteiger partial charge is 0.478 e. The minimum absolute atomic E-state index is 0.0709. The number of aromatic carboxylic acids is 1. The van der Waals surface area contributed by atoms with E-state index in [1.807, 2.05) is 48.5 Å². The van der Waals surface area contributed by atoms with Crippen LogP contribution >= 0.6 is 0 Å². The molecule has 9 heteroatoms. The number of fused-ring (bicyclic) bond motifs is 3. The van der Waals surface area contributed by atoms with Gasteiger partial charge in [-0.3, -0.25) is 4.79 Å². The second kappa shape index (κ2) is 10.3. The predicted molar refractivity (Wildman–Crippen MR) is 124 cm³/mol. The van der Waals surface area contributed by atoms with Gasteiger partial charge in [0.15, 0.2) is 11.6 Å². The number of hydrogen-bond acceptors (Lipinski definition) is 4. The van der Waals surface area contributed by atoms with Crippen LogP contribution in [0.25, 0.3) is 11.1 Å². The first kappa shape index (κ1) is 23.9. The van der Waals surface area contributed by atoms with E-state index in [4.69, 9.17) is 9.84 Å². The molecule has 7 nitrogen and oxygen atoms in total. The quantitative estimate of drug-likeness (QED) is 0.397. The normalized spacial score (nSPS) is 11.9. The summed E-state index contributed by atoms with van der Waals surface area (Å²) < 4.78 is 32.1. The predicted octanol–water partition coefficient (Wildman–Crippen LogP) is 4.92. The second-order valence-electron chi connectivity index (χ2n) is 8.02. The average Bonchev–Trinajstić information content (AvgIpc) is 3.16. The van der Waals surface area contributed by atoms with Crippen molar-refractivity contribution in [3.05, 3.63) is 89.0 Å². The van der Waals surface area contributed by atoms with Crippen molar-refractivity contribution in [2.75, 3.05) is 18.5 Å². The molecule has 4 rings (SSSR count). The molecule has 0 heterocycles. The van der Waals surface area contributed by atoms with Crippen molar-refractivity contribution in [2.24, 2.45) is 0 Å².